The fraction of sp³-hybridized carbons (Fsp3) is 0.682. The van der Waals surface area contributed by atoms with Gasteiger partial charge < -0.3 is 33.2 Å². The van der Waals surface area contributed by atoms with Gasteiger partial charge in [0.05, 0.1) is 5.92 Å². The minimum absolute atomic E-state index is 0.598. The molecule has 0 unspecified atom stereocenters. The van der Waals surface area contributed by atoms with Crippen LogP contribution < -0.4 is 0 Å². The molecule has 0 aromatic carbocycles. The standard InChI is InChI=1S/C22H30O14/c1-10(23)30-8-17-18(32-12(3)25)19(33-13(4)26)21(35-15(6)28)22(36-16(7)29,9-31-11(2)24)20(17)34-14(5)27/h17-21H,8-9H2,1-7H3/t17-,18+,19+,20-,21+,22+/m1/s1. The molecule has 0 aromatic heterocycles. The second kappa shape index (κ2) is 12.8. The normalized spacial score (nSPS) is 27.0. The summed E-state index contributed by atoms with van der Waals surface area (Å²) in [6, 6.07) is 0. The van der Waals surface area contributed by atoms with Crippen molar-refractivity contribution in [1.29, 1.82) is 0 Å². The van der Waals surface area contributed by atoms with Crippen molar-refractivity contribution in [1.82, 2.24) is 0 Å². The third-order valence-corrected chi connectivity index (χ3v) is 4.90. The predicted molar refractivity (Wildman–Crippen MR) is 113 cm³/mol. The van der Waals surface area contributed by atoms with Crippen LogP contribution in [0, 0.1) is 5.92 Å². The first-order valence-electron chi connectivity index (χ1n) is 10.8. The van der Waals surface area contributed by atoms with Crippen LogP contribution in [0.2, 0.25) is 0 Å². The van der Waals surface area contributed by atoms with Crippen molar-refractivity contribution in [3.63, 3.8) is 0 Å². The Morgan fingerprint density at radius 2 is 0.972 bits per heavy atom. The Labute approximate surface area is 206 Å². The molecule has 0 amide bonds. The molecule has 0 N–H and O–H groups in total. The number of ether oxygens (including phenoxy) is 7. The van der Waals surface area contributed by atoms with Gasteiger partial charge in [0.25, 0.3) is 0 Å². The van der Waals surface area contributed by atoms with Crippen LogP contribution in [0.5, 0.6) is 0 Å². The van der Waals surface area contributed by atoms with E-state index in [1.807, 2.05) is 0 Å². The highest BCUT2D eigenvalue weighted by molar-refractivity contribution is 5.71. The molecular weight excluding hydrogens is 488 g/mol. The second-order valence-corrected chi connectivity index (χ2v) is 8.00. The average molecular weight is 518 g/mol. The van der Waals surface area contributed by atoms with Gasteiger partial charge in [0.15, 0.2) is 24.4 Å². The minimum atomic E-state index is -2.32. The number of carbonyl (C=O) groups is 7. The van der Waals surface area contributed by atoms with Gasteiger partial charge in [-0.3, -0.25) is 33.6 Å². The van der Waals surface area contributed by atoms with Gasteiger partial charge in [-0.05, 0) is 0 Å². The molecule has 1 fully saturated rings. The molecule has 36 heavy (non-hydrogen) atoms. The molecule has 0 heterocycles. The fourth-order valence-corrected chi connectivity index (χ4v) is 3.96. The molecule has 0 spiro atoms. The van der Waals surface area contributed by atoms with E-state index in [1.54, 1.807) is 0 Å². The molecular formula is C22H30O14. The first-order valence-corrected chi connectivity index (χ1v) is 10.8. The molecule has 0 aromatic rings. The van der Waals surface area contributed by atoms with Gasteiger partial charge in [0, 0.05) is 48.5 Å². The lowest BCUT2D eigenvalue weighted by Crippen LogP contribution is -2.75. The molecule has 14 nitrogen and oxygen atoms in total. The van der Waals surface area contributed by atoms with Crippen LogP contribution in [0.1, 0.15) is 48.5 Å². The van der Waals surface area contributed by atoms with E-state index in [4.69, 9.17) is 33.2 Å². The van der Waals surface area contributed by atoms with Gasteiger partial charge in [-0.25, -0.2) is 0 Å². The van der Waals surface area contributed by atoms with E-state index in [9.17, 15) is 33.6 Å². The summed E-state index contributed by atoms with van der Waals surface area (Å²) >= 11 is 0. The highest BCUT2D eigenvalue weighted by Crippen LogP contribution is 2.43. The molecule has 0 radical (unpaired) electrons. The Kier molecular flexibility index (Phi) is 10.8. The Hall–Kier alpha value is -3.71. The maximum atomic E-state index is 12.3. The van der Waals surface area contributed by atoms with Crippen molar-refractivity contribution in [3.05, 3.63) is 0 Å². The molecule has 0 saturated heterocycles. The smallest absolute Gasteiger partial charge is 0.303 e. The number of rotatable bonds is 9. The number of hydrogen-bond acceptors (Lipinski definition) is 14. The van der Waals surface area contributed by atoms with Gasteiger partial charge in [-0.1, -0.05) is 0 Å². The number of hydrogen-bond donors (Lipinski definition) is 0. The van der Waals surface area contributed by atoms with E-state index < -0.39 is 90.9 Å². The molecule has 1 aliphatic carbocycles. The first-order chi connectivity index (χ1) is 16.6. The number of esters is 7. The molecule has 202 valence electrons. The zero-order valence-electron chi connectivity index (χ0n) is 21.0. The topological polar surface area (TPSA) is 184 Å². The van der Waals surface area contributed by atoms with Crippen LogP contribution in [0.15, 0.2) is 0 Å². The van der Waals surface area contributed by atoms with Crippen molar-refractivity contribution in [2.24, 2.45) is 5.92 Å². The van der Waals surface area contributed by atoms with Gasteiger partial charge in [-0.15, -0.1) is 0 Å². The Morgan fingerprint density at radius 3 is 1.39 bits per heavy atom. The zero-order chi connectivity index (χ0) is 27.8. The summed E-state index contributed by atoms with van der Waals surface area (Å²) in [6.07, 6.45) is -6.74. The van der Waals surface area contributed by atoms with Gasteiger partial charge >= 0.3 is 41.8 Å². The highest BCUT2D eigenvalue weighted by atomic mass is 16.7. The van der Waals surface area contributed by atoms with E-state index in [2.05, 4.69) is 0 Å². The van der Waals surface area contributed by atoms with Crippen molar-refractivity contribution in [2.45, 2.75) is 78.5 Å². The summed E-state index contributed by atoms with van der Waals surface area (Å²) in [5, 5.41) is 0. The van der Waals surface area contributed by atoms with Crippen molar-refractivity contribution < 1.29 is 66.7 Å². The largest absolute Gasteiger partial charge is 0.465 e. The second-order valence-electron chi connectivity index (χ2n) is 8.00. The lowest BCUT2D eigenvalue weighted by molar-refractivity contribution is -0.289. The molecule has 1 aliphatic rings. The van der Waals surface area contributed by atoms with Crippen molar-refractivity contribution in [3.8, 4) is 0 Å². The van der Waals surface area contributed by atoms with Gasteiger partial charge in [0.2, 0.25) is 5.60 Å². The van der Waals surface area contributed by atoms with Crippen LogP contribution in [-0.2, 0) is 66.7 Å². The predicted octanol–water partition coefficient (Wildman–Crippen LogP) is -0.229. The molecule has 1 saturated carbocycles. The highest BCUT2D eigenvalue weighted by Gasteiger charge is 2.68. The molecule has 1 rings (SSSR count). The minimum Gasteiger partial charge on any atom is -0.465 e. The molecule has 14 heteroatoms. The lowest BCUT2D eigenvalue weighted by Gasteiger charge is -2.53. The van der Waals surface area contributed by atoms with Gasteiger partial charge in [0.1, 0.15) is 13.2 Å². The molecule has 0 bridgehead atoms. The SMILES string of the molecule is CC(=O)OC[C@@H]1[C@H](OC(C)=O)[C@H](OC(C)=O)[C@H](OC(C)=O)[C@@](COC(C)=O)(OC(C)=O)[C@@H]1OC(C)=O. The summed E-state index contributed by atoms with van der Waals surface area (Å²) in [6.45, 7) is 5.68. The van der Waals surface area contributed by atoms with E-state index in [-0.39, 0.29) is 0 Å². The Balaban J connectivity index is 4.03. The number of carbonyl (C=O) groups excluding carboxylic acids is 7. The van der Waals surface area contributed by atoms with Crippen molar-refractivity contribution >= 4 is 41.8 Å². The summed E-state index contributed by atoms with van der Waals surface area (Å²) in [5.74, 6) is -7.67. The summed E-state index contributed by atoms with van der Waals surface area (Å²) < 4.78 is 37.2. The molecule has 6 atom stereocenters. The summed E-state index contributed by atoms with van der Waals surface area (Å²) in [4.78, 5) is 83.9. The Bertz CT molecular complexity index is 895. The van der Waals surface area contributed by atoms with Crippen LogP contribution in [0.4, 0.5) is 0 Å². The third-order valence-electron chi connectivity index (χ3n) is 4.90. The van der Waals surface area contributed by atoms with Crippen LogP contribution >= 0.6 is 0 Å². The van der Waals surface area contributed by atoms with Crippen molar-refractivity contribution in [2.75, 3.05) is 13.2 Å². The van der Waals surface area contributed by atoms with Crippen LogP contribution in [-0.4, -0.2) is 85.0 Å². The quantitative estimate of drug-likeness (QED) is 0.288. The van der Waals surface area contributed by atoms with Gasteiger partial charge in [-0.2, -0.15) is 0 Å². The van der Waals surface area contributed by atoms with E-state index in [1.165, 1.54) is 0 Å². The monoisotopic (exact) mass is 518 g/mol. The van der Waals surface area contributed by atoms with Crippen LogP contribution in [0.3, 0.4) is 0 Å². The fourth-order valence-electron chi connectivity index (χ4n) is 3.96. The van der Waals surface area contributed by atoms with E-state index in [0.29, 0.717) is 0 Å². The Morgan fingerprint density at radius 1 is 0.528 bits per heavy atom. The van der Waals surface area contributed by atoms with E-state index >= 15 is 0 Å². The summed E-state index contributed by atoms with van der Waals surface area (Å²) in [7, 11) is 0. The van der Waals surface area contributed by atoms with E-state index in [0.717, 1.165) is 48.5 Å². The maximum absolute atomic E-state index is 12.3. The lowest BCUT2D eigenvalue weighted by atomic mass is 9.69. The maximum Gasteiger partial charge on any atom is 0.303 e. The van der Waals surface area contributed by atoms with Crippen LogP contribution in [0.25, 0.3) is 0 Å². The third kappa shape index (κ3) is 8.20. The molecule has 0 aliphatic heterocycles. The summed E-state index contributed by atoms with van der Waals surface area (Å²) in [5.41, 5.74) is -2.32. The zero-order valence-corrected chi connectivity index (χ0v) is 21.0. The average Bonchev–Trinajstić information content (AvgIpc) is 2.70. The first kappa shape index (κ1) is 30.3.